The normalized spacial score (nSPS) is 14.0. The third-order valence-electron chi connectivity index (χ3n) is 4.18. The number of benzene rings is 1. The standard InChI is InChI=1S/C18H22N2O3/c1-3-23-17-11-16-15-7-6-13(5-4-12(2)21)10-14(15)8-9-20(16)18(22)19-17/h6-7,10-12,21H,3-5,8-9H2,1-2H3. The molecule has 0 bridgehead atoms. The van der Waals surface area contributed by atoms with Crippen LogP contribution in [0.5, 0.6) is 5.88 Å². The summed E-state index contributed by atoms with van der Waals surface area (Å²) in [6.07, 6.45) is 2.15. The molecule has 0 saturated heterocycles. The lowest BCUT2D eigenvalue weighted by Gasteiger charge is -2.22. The van der Waals surface area contributed by atoms with Gasteiger partial charge in [0.2, 0.25) is 5.88 Å². The van der Waals surface area contributed by atoms with E-state index in [1.165, 1.54) is 11.1 Å². The molecule has 1 unspecified atom stereocenters. The summed E-state index contributed by atoms with van der Waals surface area (Å²) in [6, 6.07) is 8.17. The van der Waals surface area contributed by atoms with E-state index in [0.29, 0.717) is 19.0 Å². The van der Waals surface area contributed by atoms with Crippen LogP contribution in [0.4, 0.5) is 0 Å². The number of hydrogen-bond acceptors (Lipinski definition) is 4. The van der Waals surface area contributed by atoms with Crippen molar-refractivity contribution in [1.82, 2.24) is 9.55 Å². The van der Waals surface area contributed by atoms with Crippen molar-refractivity contribution in [1.29, 1.82) is 0 Å². The van der Waals surface area contributed by atoms with Gasteiger partial charge in [0.1, 0.15) is 0 Å². The average Bonchev–Trinajstić information content (AvgIpc) is 2.52. The molecule has 122 valence electrons. The van der Waals surface area contributed by atoms with Gasteiger partial charge in [-0.1, -0.05) is 18.2 Å². The van der Waals surface area contributed by atoms with Crippen molar-refractivity contribution in [3.8, 4) is 17.1 Å². The molecule has 1 aromatic heterocycles. The molecule has 5 heteroatoms. The predicted molar refractivity (Wildman–Crippen MR) is 88.8 cm³/mol. The highest BCUT2D eigenvalue weighted by Gasteiger charge is 2.19. The molecule has 5 nitrogen and oxygen atoms in total. The summed E-state index contributed by atoms with van der Waals surface area (Å²) in [7, 11) is 0. The summed E-state index contributed by atoms with van der Waals surface area (Å²) in [6.45, 7) is 4.81. The monoisotopic (exact) mass is 314 g/mol. The minimum Gasteiger partial charge on any atom is -0.478 e. The van der Waals surface area contributed by atoms with Gasteiger partial charge in [-0.3, -0.25) is 4.57 Å². The molecule has 0 radical (unpaired) electrons. The average molecular weight is 314 g/mol. The van der Waals surface area contributed by atoms with Gasteiger partial charge in [-0.15, -0.1) is 0 Å². The molecule has 1 atom stereocenters. The second kappa shape index (κ2) is 6.54. The van der Waals surface area contributed by atoms with Crippen LogP contribution in [-0.4, -0.2) is 27.4 Å². The Morgan fingerprint density at radius 3 is 2.96 bits per heavy atom. The zero-order valence-corrected chi connectivity index (χ0v) is 13.6. The van der Waals surface area contributed by atoms with Crippen LogP contribution in [-0.2, 0) is 19.4 Å². The number of ether oxygens (including phenoxy) is 1. The van der Waals surface area contributed by atoms with Gasteiger partial charge in [-0.25, -0.2) is 4.79 Å². The van der Waals surface area contributed by atoms with Crippen LogP contribution < -0.4 is 10.4 Å². The molecule has 1 aromatic carbocycles. The molecule has 23 heavy (non-hydrogen) atoms. The summed E-state index contributed by atoms with van der Waals surface area (Å²) < 4.78 is 7.11. The fraction of sp³-hybridized carbons (Fsp3) is 0.444. The van der Waals surface area contributed by atoms with E-state index in [1.54, 1.807) is 4.57 Å². The van der Waals surface area contributed by atoms with Gasteiger partial charge in [0.05, 0.1) is 18.4 Å². The highest BCUT2D eigenvalue weighted by Crippen LogP contribution is 2.30. The molecule has 2 heterocycles. The van der Waals surface area contributed by atoms with Crippen molar-refractivity contribution in [2.24, 2.45) is 0 Å². The van der Waals surface area contributed by atoms with Gasteiger partial charge in [-0.2, -0.15) is 4.98 Å². The summed E-state index contributed by atoms with van der Waals surface area (Å²) in [5, 5.41) is 9.43. The zero-order valence-electron chi connectivity index (χ0n) is 13.6. The van der Waals surface area contributed by atoms with Gasteiger partial charge in [0, 0.05) is 18.2 Å². The van der Waals surface area contributed by atoms with Crippen LogP contribution in [0, 0.1) is 0 Å². The first-order valence-electron chi connectivity index (χ1n) is 8.13. The molecule has 0 fully saturated rings. The smallest absolute Gasteiger partial charge is 0.351 e. The fourth-order valence-electron chi connectivity index (χ4n) is 3.01. The van der Waals surface area contributed by atoms with E-state index >= 15 is 0 Å². The van der Waals surface area contributed by atoms with Crippen molar-refractivity contribution in [2.45, 2.75) is 45.8 Å². The molecule has 1 aliphatic heterocycles. The summed E-state index contributed by atoms with van der Waals surface area (Å²) in [4.78, 5) is 16.1. The van der Waals surface area contributed by atoms with E-state index in [0.717, 1.165) is 30.5 Å². The van der Waals surface area contributed by atoms with Crippen LogP contribution in [0.15, 0.2) is 29.1 Å². The molecular weight excluding hydrogens is 292 g/mol. The number of aliphatic hydroxyl groups excluding tert-OH is 1. The maximum atomic E-state index is 12.2. The first kappa shape index (κ1) is 15.7. The van der Waals surface area contributed by atoms with Crippen LogP contribution >= 0.6 is 0 Å². The highest BCUT2D eigenvalue weighted by molar-refractivity contribution is 5.67. The minimum absolute atomic E-state index is 0.255. The number of rotatable bonds is 5. The maximum absolute atomic E-state index is 12.2. The Kier molecular flexibility index (Phi) is 4.48. The van der Waals surface area contributed by atoms with Gasteiger partial charge in [0.15, 0.2) is 0 Å². The molecule has 1 N–H and O–H groups in total. The van der Waals surface area contributed by atoms with Crippen LogP contribution in [0.2, 0.25) is 0 Å². The van der Waals surface area contributed by atoms with Crippen LogP contribution in [0.1, 0.15) is 31.4 Å². The second-order valence-corrected chi connectivity index (χ2v) is 5.98. The zero-order chi connectivity index (χ0) is 16.4. The van der Waals surface area contributed by atoms with E-state index in [1.807, 2.05) is 19.9 Å². The SMILES string of the molecule is CCOc1cc2n(c(=O)n1)CCc1cc(CCC(C)O)ccc1-2. The number of aliphatic hydroxyl groups is 1. The third kappa shape index (κ3) is 3.29. The van der Waals surface area contributed by atoms with Crippen molar-refractivity contribution in [2.75, 3.05) is 6.61 Å². The molecule has 0 spiro atoms. The Hall–Kier alpha value is -2.14. The van der Waals surface area contributed by atoms with Gasteiger partial charge >= 0.3 is 5.69 Å². The van der Waals surface area contributed by atoms with E-state index < -0.39 is 0 Å². The molecule has 0 saturated carbocycles. The lowest BCUT2D eigenvalue weighted by atomic mass is 9.94. The Balaban J connectivity index is 1.98. The van der Waals surface area contributed by atoms with Gasteiger partial charge < -0.3 is 9.84 Å². The van der Waals surface area contributed by atoms with Crippen molar-refractivity contribution >= 4 is 0 Å². The van der Waals surface area contributed by atoms with Crippen molar-refractivity contribution in [3.63, 3.8) is 0 Å². The Morgan fingerprint density at radius 1 is 1.39 bits per heavy atom. The second-order valence-electron chi connectivity index (χ2n) is 5.98. The molecule has 2 aromatic rings. The third-order valence-corrected chi connectivity index (χ3v) is 4.18. The minimum atomic E-state index is -0.287. The number of nitrogens with zero attached hydrogens (tertiary/aromatic N) is 2. The van der Waals surface area contributed by atoms with Gasteiger partial charge in [-0.05, 0) is 44.2 Å². The number of hydrogen-bond donors (Lipinski definition) is 1. The highest BCUT2D eigenvalue weighted by atomic mass is 16.5. The molecule has 3 rings (SSSR count). The summed E-state index contributed by atoms with van der Waals surface area (Å²) in [5.74, 6) is 0.384. The van der Waals surface area contributed by atoms with Crippen molar-refractivity contribution < 1.29 is 9.84 Å². The number of aromatic nitrogens is 2. The van der Waals surface area contributed by atoms with Crippen LogP contribution in [0.25, 0.3) is 11.3 Å². The lowest BCUT2D eigenvalue weighted by molar-refractivity contribution is 0.185. The molecule has 1 aliphatic rings. The van der Waals surface area contributed by atoms with E-state index in [9.17, 15) is 9.90 Å². The van der Waals surface area contributed by atoms with Crippen LogP contribution in [0.3, 0.4) is 0 Å². The fourth-order valence-corrected chi connectivity index (χ4v) is 3.01. The molecule has 0 aliphatic carbocycles. The molecule has 0 amide bonds. The van der Waals surface area contributed by atoms with E-state index in [4.69, 9.17) is 4.74 Å². The van der Waals surface area contributed by atoms with Gasteiger partial charge in [0.25, 0.3) is 0 Å². The molecular formula is C18H22N2O3. The lowest BCUT2D eigenvalue weighted by Crippen LogP contribution is -2.28. The first-order valence-corrected chi connectivity index (χ1v) is 8.13. The topological polar surface area (TPSA) is 64.4 Å². The Labute approximate surface area is 135 Å². The number of aryl methyl sites for hydroxylation is 2. The number of fused-ring (bicyclic) bond motifs is 3. The van der Waals surface area contributed by atoms with Crippen molar-refractivity contribution in [3.05, 3.63) is 45.9 Å². The largest absolute Gasteiger partial charge is 0.478 e. The maximum Gasteiger partial charge on any atom is 0.351 e. The van der Waals surface area contributed by atoms with E-state index in [2.05, 4.69) is 23.2 Å². The Bertz CT molecular complexity index is 765. The predicted octanol–water partition coefficient (Wildman–Crippen LogP) is 2.18. The Morgan fingerprint density at radius 2 is 2.22 bits per heavy atom. The first-order chi connectivity index (χ1) is 11.1. The summed E-state index contributed by atoms with van der Waals surface area (Å²) >= 11 is 0. The summed E-state index contributed by atoms with van der Waals surface area (Å²) in [5.41, 5.74) is 4.14. The van der Waals surface area contributed by atoms with E-state index in [-0.39, 0.29) is 11.8 Å². The quantitative estimate of drug-likeness (QED) is 0.919.